The summed E-state index contributed by atoms with van der Waals surface area (Å²) >= 11 is 11.8. The second-order valence-electron chi connectivity index (χ2n) is 6.79. The predicted molar refractivity (Wildman–Crippen MR) is 119 cm³/mol. The van der Waals surface area contributed by atoms with E-state index in [1.165, 1.54) is 44.2 Å². The molecule has 1 aromatic heterocycles. The molecule has 0 aliphatic carbocycles. The Bertz CT molecular complexity index is 779. The van der Waals surface area contributed by atoms with Crippen LogP contribution in [0.5, 0.6) is 11.5 Å². The molecule has 5 nitrogen and oxygen atoms in total. The average Bonchev–Trinajstić information content (AvgIpc) is 2.69. The summed E-state index contributed by atoms with van der Waals surface area (Å²) in [5.41, 5.74) is 0.922. The van der Waals surface area contributed by atoms with Gasteiger partial charge in [0.2, 0.25) is 0 Å². The predicted octanol–water partition coefficient (Wildman–Crippen LogP) is 6.78. The third-order valence-corrected chi connectivity index (χ3v) is 4.84. The summed E-state index contributed by atoms with van der Waals surface area (Å²) < 4.78 is 11.2. The molecule has 0 aliphatic heterocycles. The van der Waals surface area contributed by atoms with Gasteiger partial charge in [0.15, 0.2) is 11.5 Å². The van der Waals surface area contributed by atoms with Crippen LogP contribution in [0.25, 0.3) is 0 Å². The van der Waals surface area contributed by atoms with E-state index >= 15 is 0 Å². The maximum Gasteiger partial charge on any atom is 0.255 e. The zero-order valence-electron chi connectivity index (χ0n) is 17.0. The van der Waals surface area contributed by atoms with Crippen molar-refractivity contribution in [1.82, 2.24) is 4.98 Å². The number of halogens is 2. The van der Waals surface area contributed by atoms with E-state index in [4.69, 9.17) is 32.7 Å². The number of amides is 1. The van der Waals surface area contributed by atoms with E-state index in [-0.39, 0.29) is 16.2 Å². The molecule has 2 rings (SSSR count). The fraction of sp³-hybridized carbons (Fsp3) is 0.455. The van der Waals surface area contributed by atoms with Crippen LogP contribution < -0.4 is 14.8 Å². The highest BCUT2D eigenvalue weighted by Crippen LogP contribution is 2.29. The number of unbranched alkanes of at least 4 members (excludes halogenated alkanes) is 6. The Morgan fingerprint density at radius 1 is 0.966 bits per heavy atom. The van der Waals surface area contributed by atoms with Gasteiger partial charge >= 0.3 is 0 Å². The number of aromatic nitrogens is 1. The molecule has 1 amide bonds. The Hall–Kier alpha value is -1.98. The van der Waals surface area contributed by atoms with Gasteiger partial charge in [-0.25, -0.2) is 4.98 Å². The van der Waals surface area contributed by atoms with Crippen molar-refractivity contribution in [2.24, 2.45) is 0 Å². The van der Waals surface area contributed by atoms with Crippen LogP contribution in [0.15, 0.2) is 30.3 Å². The van der Waals surface area contributed by atoms with Crippen molar-refractivity contribution < 1.29 is 14.3 Å². The number of hydrogen-bond acceptors (Lipinski definition) is 4. The third kappa shape index (κ3) is 8.11. The summed E-state index contributed by atoms with van der Waals surface area (Å²) in [5.74, 6) is 0.850. The fourth-order valence-electron chi connectivity index (χ4n) is 2.91. The molecule has 0 unspecified atom stereocenters. The largest absolute Gasteiger partial charge is 0.493 e. The highest BCUT2D eigenvalue weighted by atomic mass is 35.5. The number of rotatable bonds is 12. The van der Waals surface area contributed by atoms with Crippen molar-refractivity contribution in [1.29, 1.82) is 0 Å². The second kappa shape index (κ2) is 12.6. The van der Waals surface area contributed by atoms with Crippen LogP contribution in [0, 0.1) is 0 Å². The summed E-state index contributed by atoms with van der Waals surface area (Å²) in [4.78, 5) is 16.4. The second-order valence-corrected chi connectivity index (χ2v) is 7.57. The molecule has 1 aromatic carbocycles. The molecule has 0 fully saturated rings. The minimum atomic E-state index is -0.299. The number of pyridine rings is 1. The lowest BCUT2D eigenvalue weighted by molar-refractivity contribution is 0.102. The molecule has 0 atom stereocenters. The topological polar surface area (TPSA) is 60.5 Å². The Morgan fingerprint density at radius 3 is 2.28 bits per heavy atom. The first-order valence-corrected chi connectivity index (χ1v) is 10.7. The van der Waals surface area contributed by atoms with Crippen molar-refractivity contribution in [3.05, 3.63) is 46.2 Å². The maximum absolute atomic E-state index is 12.6. The molecule has 1 N–H and O–H groups in total. The van der Waals surface area contributed by atoms with E-state index in [1.54, 1.807) is 25.3 Å². The SMILES string of the molecule is CCCCCCCCCOc1cc(C(=O)Nc2cc(Cl)nc(Cl)c2)ccc1OC. The molecule has 1 heterocycles. The van der Waals surface area contributed by atoms with Gasteiger partial charge in [0.25, 0.3) is 5.91 Å². The van der Waals surface area contributed by atoms with Crippen LogP contribution in [0.4, 0.5) is 5.69 Å². The lowest BCUT2D eigenvalue weighted by Gasteiger charge is -2.13. The number of carbonyl (C=O) groups excluding carboxylic acids is 1. The number of carbonyl (C=O) groups is 1. The Kier molecular flexibility index (Phi) is 10.1. The highest BCUT2D eigenvalue weighted by Gasteiger charge is 2.12. The molecule has 0 saturated carbocycles. The van der Waals surface area contributed by atoms with Gasteiger partial charge in [-0.05, 0) is 36.8 Å². The summed E-state index contributed by atoms with van der Waals surface area (Å²) in [7, 11) is 1.58. The third-order valence-electron chi connectivity index (χ3n) is 4.45. The smallest absolute Gasteiger partial charge is 0.255 e. The molecule has 0 spiro atoms. The number of nitrogens with one attached hydrogen (secondary N) is 1. The van der Waals surface area contributed by atoms with E-state index < -0.39 is 0 Å². The van der Waals surface area contributed by atoms with E-state index in [0.29, 0.717) is 29.4 Å². The Labute approximate surface area is 182 Å². The van der Waals surface area contributed by atoms with Crippen LogP contribution in [0.1, 0.15) is 62.2 Å². The minimum Gasteiger partial charge on any atom is -0.493 e. The van der Waals surface area contributed by atoms with Crippen LogP contribution in [-0.4, -0.2) is 24.6 Å². The number of hydrogen-bond donors (Lipinski definition) is 1. The molecule has 0 saturated heterocycles. The molecule has 0 aliphatic rings. The van der Waals surface area contributed by atoms with E-state index in [9.17, 15) is 4.79 Å². The highest BCUT2D eigenvalue weighted by molar-refractivity contribution is 6.33. The Balaban J connectivity index is 1.92. The average molecular weight is 439 g/mol. The van der Waals surface area contributed by atoms with Crippen molar-refractivity contribution >= 4 is 34.8 Å². The summed E-state index contributed by atoms with van der Waals surface area (Å²) in [5, 5.41) is 3.18. The summed E-state index contributed by atoms with van der Waals surface area (Å²) in [6, 6.07) is 8.15. The molecular formula is C22H28Cl2N2O3. The van der Waals surface area contributed by atoms with Gasteiger partial charge in [-0.15, -0.1) is 0 Å². The summed E-state index contributed by atoms with van der Waals surface area (Å²) in [6.45, 7) is 2.81. The number of nitrogens with zero attached hydrogens (tertiary/aromatic N) is 1. The van der Waals surface area contributed by atoms with Gasteiger partial charge in [-0.1, -0.05) is 68.7 Å². The first kappa shape index (κ1) is 23.3. The van der Waals surface area contributed by atoms with Crippen molar-refractivity contribution in [2.45, 2.75) is 51.9 Å². The van der Waals surface area contributed by atoms with Crippen molar-refractivity contribution in [3.8, 4) is 11.5 Å². The number of methoxy groups -OCH3 is 1. The van der Waals surface area contributed by atoms with Gasteiger partial charge in [0, 0.05) is 11.3 Å². The molecule has 0 bridgehead atoms. The molecular weight excluding hydrogens is 411 g/mol. The van der Waals surface area contributed by atoms with E-state index in [0.717, 1.165) is 12.8 Å². The van der Waals surface area contributed by atoms with Gasteiger partial charge in [0.1, 0.15) is 10.3 Å². The molecule has 0 radical (unpaired) electrons. The zero-order valence-corrected chi connectivity index (χ0v) is 18.5. The van der Waals surface area contributed by atoms with Crippen LogP contribution >= 0.6 is 23.2 Å². The summed E-state index contributed by atoms with van der Waals surface area (Å²) in [6.07, 6.45) is 8.47. The number of anilines is 1. The zero-order chi connectivity index (χ0) is 21.1. The van der Waals surface area contributed by atoms with Crippen LogP contribution in [0.3, 0.4) is 0 Å². The first-order chi connectivity index (χ1) is 14.0. The van der Waals surface area contributed by atoms with E-state index in [1.807, 2.05) is 0 Å². The normalized spacial score (nSPS) is 10.6. The van der Waals surface area contributed by atoms with Gasteiger partial charge in [-0.2, -0.15) is 0 Å². The van der Waals surface area contributed by atoms with Crippen LogP contribution in [-0.2, 0) is 0 Å². The standard InChI is InChI=1S/C22H28Cl2N2O3/c1-3-4-5-6-7-8-9-12-29-19-13-16(10-11-18(19)28-2)22(27)25-17-14-20(23)26-21(24)15-17/h10-11,13-15H,3-9,12H2,1-2H3,(H,25,26,27). The fourth-order valence-corrected chi connectivity index (χ4v) is 3.37. The van der Waals surface area contributed by atoms with Crippen molar-refractivity contribution in [3.63, 3.8) is 0 Å². The quantitative estimate of drug-likeness (QED) is 0.293. The number of benzene rings is 1. The monoisotopic (exact) mass is 438 g/mol. The van der Waals surface area contributed by atoms with Gasteiger partial charge in [0.05, 0.1) is 13.7 Å². The minimum absolute atomic E-state index is 0.209. The maximum atomic E-state index is 12.6. The molecule has 7 heteroatoms. The first-order valence-electron chi connectivity index (χ1n) is 9.98. The Morgan fingerprint density at radius 2 is 1.62 bits per heavy atom. The molecule has 158 valence electrons. The van der Waals surface area contributed by atoms with Crippen LogP contribution in [0.2, 0.25) is 10.3 Å². The lowest BCUT2D eigenvalue weighted by Crippen LogP contribution is -2.12. The molecule has 2 aromatic rings. The number of ether oxygens (including phenoxy) is 2. The molecule has 29 heavy (non-hydrogen) atoms. The van der Waals surface area contributed by atoms with Gasteiger partial charge in [-0.3, -0.25) is 4.79 Å². The lowest BCUT2D eigenvalue weighted by atomic mass is 10.1. The van der Waals surface area contributed by atoms with Gasteiger partial charge < -0.3 is 14.8 Å². The van der Waals surface area contributed by atoms with E-state index in [2.05, 4.69) is 17.2 Å². The van der Waals surface area contributed by atoms with Crippen molar-refractivity contribution in [2.75, 3.05) is 19.0 Å².